The molecule has 5 heteroatoms. The maximum Gasteiger partial charge on any atom is 0.271 e. The fourth-order valence-corrected chi connectivity index (χ4v) is 2.71. The van der Waals surface area contributed by atoms with E-state index in [2.05, 4.69) is 27.5 Å². The topological polar surface area (TPSA) is 66.9 Å². The van der Waals surface area contributed by atoms with Crippen molar-refractivity contribution in [1.82, 2.24) is 15.3 Å². The summed E-state index contributed by atoms with van der Waals surface area (Å²) in [6.07, 6.45) is 9.19. The molecule has 0 unspecified atom stereocenters. The summed E-state index contributed by atoms with van der Waals surface area (Å²) < 4.78 is 0. The van der Waals surface area contributed by atoms with E-state index < -0.39 is 0 Å². The van der Waals surface area contributed by atoms with Crippen molar-refractivity contribution in [3.05, 3.63) is 18.1 Å². The normalized spacial score (nSPS) is 17.2. The van der Waals surface area contributed by atoms with Crippen molar-refractivity contribution < 1.29 is 4.79 Å². The molecule has 0 bridgehead atoms. The molecule has 1 saturated carbocycles. The Bertz CT molecular complexity index is 424. The van der Waals surface area contributed by atoms with Gasteiger partial charge in [0.25, 0.3) is 5.91 Å². The highest BCUT2D eigenvalue weighted by Crippen LogP contribution is 2.40. The summed E-state index contributed by atoms with van der Waals surface area (Å²) >= 11 is 0. The molecule has 0 atom stereocenters. The Morgan fingerprint density at radius 2 is 2.05 bits per heavy atom. The van der Waals surface area contributed by atoms with Gasteiger partial charge in [-0.1, -0.05) is 19.8 Å². The van der Waals surface area contributed by atoms with Crippen LogP contribution in [0.2, 0.25) is 0 Å². The third-order valence-corrected chi connectivity index (χ3v) is 4.18. The monoisotopic (exact) mass is 262 g/mol. The van der Waals surface area contributed by atoms with E-state index in [1.54, 1.807) is 13.2 Å². The number of rotatable bonds is 5. The lowest BCUT2D eigenvalue weighted by Crippen LogP contribution is -2.36. The van der Waals surface area contributed by atoms with Gasteiger partial charge in [0, 0.05) is 13.6 Å². The molecule has 1 aromatic heterocycles. The van der Waals surface area contributed by atoms with E-state index in [0.29, 0.717) is 16.9 Å². The van der Waals surface area contributed by atoms with Crippen molar-refractivity contribution in [1.29, 1.82) is 0 Å². The van der Waals surface area contributed by atoms with Crippen LogP contribution in [-0.4, -0.2) is 29.5 Å². The number of carbonyl (C=O) groups excluding carboxylic acids is 1. The number of carbonyl (C=O) groups is 1. The average molecular weight is 262 g/mol. The van der Waals surface area contributed by atoms with E-state index in [1.165, 1.54) is 31.9 Å². The van der Waals surface area contributed by atoms with Crippen molar-refractivity contribution in [3.8, 4) is 0 Å². The van der Waals surface area contributed by atoms with Crippen LogP contribution in [0.1, 0.15) is 49.5 Å². The Hall–Kier alpha value is -1.65. The molecular formula is C14H22N4O. The van der Waals surface area contributed by atoms with Gasteiger partial charge in [-0.3, -0.25) is 4.79 Å². The van der Waals surface area contributed by atoms with Crippen LogP contribution in [0.3, 0.4) is 0 Å². The van der Waals surface area contributed by atoms with Crippen LogP contribution in [0.25, 0.3) is 0 Å². The highest BCUT2D eigenvalue weighted by Gasteiger charge is 2.32. The third kappa shape index (κ3) is 3.22. The second-order valence-corrected chi connectivity index (χ2v) is 5.28. The largest absolute Gasteiger partial charge is 0.372 e. The van der Waals surface area contributed by atoms with Gasteiger partial charge in [-0.05, 0) is 24.7 Å². The maximum absolute atomic E-state index is 12.0. The standard InChI is InChI=1S/C14H22N4O/c1-3-14(6-4-5-7-14)10-18-13(19)11-8-17-12(15-2)9-16-11/h8-9H,3-7,10H2,1-2H3,(H,15,17)(H,18,19). The van der Waals surface area contributed by atoms with E-state index in [0.717, 1.165) is 13.0 Å². The number of nitrogens with one attached hydrogen (secondary N) is 2. The molecule has 1 aliphatic carbocycles. The molecule has 2 N–H and O–H groups in total. The van der Waals surface area contributed by atoms with Crippen molar-refractivity contribution in [2.24, 2.45) is 5.41 Å². The Morgan fingerprint density at radius 3 is 2.58 bits per heavy atom. The van der Waals surface area contributed by atoms with E-state index in [4.69, 9.17) is 0 Å². The molecule has 1 fully saturated rings. The first-order valence-corrected chi connectivity index (χ1v) is 6.97. The zero-order chi connectivity index (χ0) is 13.7. The third-order valence-electron chi connectivity index (χ3n) is 4.18. The summed E-state index contributed by atoms with van der Waals surface area (Å²) in [5.74, 6) is 0.534. The molecule has 0 aliphatic heterocycles. The number of amides is 1. The maximum atomic E-state index is 12.0. The van der Waals surface area contributed by atoms with E-state index in [9.17, 15) is 4.79 Å². The molecule has 19 heavy (non-hydrogen) atoms. The van der Waals surface area contributed by atoms with Gasteiger partial charge >= 0.3 is 0 Å². The summed E-state index contributed by atoms with van der Waals surface area (Å²) in [5.41, 5.74) is 0.678. The van der Waals surface area contributed by atoms with Crippen molar-refractivity contribution in [2.45, 2.75) is 39.0 Å². The SMILES string of the molecule is CCC1(CNC(=O)c2cnc(NC)cn2)CCCC1. The summed E-state index contributed by atoms with van der Waals surface area (Å²) in [6.45, 7) is 2.96. The lowest BCUT2D eigenvalue weighted by molar-refractivity contribution is 0.0923. The first-order valence-electron chi connectivity index (χ1n) is 6.97. The predicted octanol–water partition coefficient (Wildman–Crippen LogP) is 2.22. The summed E-state index contributed by atoms with van der Waals surface area (Å²) in [7, 11) is 1.77. The van der Waals surface area contributed by atoms with E-state index in [1.807, 2.05) is 0 Å². The van der Waals surface area contributed by atoms with Crippen LogP contribution in [0.4, 0.5) is 5.82 Å². The first kappa shape index (κ1) is 13.8. The summed E-state index contributed by atoms with van der Waals surface area (Å²) in [6, 6.07) is 0. The summed E-state index contributed by atoms with van der Waals surface area (Å²) in [4.78, 5) is 20.2. The lowest BCUT2D eigenvalue weighted by Gasteiger charge is -2.27. The molecule has 0 radical (unpaired) electrons. The van der Waals surface area contributed by atoms with Crippen LogP contribution < -0.4 is 10.6 Å². The van der Waals surface area contributed by atoms with Gasteiger partial charge in [0.2, 0.25) is 0 Å². The van der Waals surface area contributed by atoms with Gasteiger partial charge in [0.05, 0.1) is 12.4 Å². The van der Waals surface area contributed by atoms with E-state index in [-0.39, 0.29) is 5.91 Å². The van der Waals surface area contributed by atoms with Gasteiger partial charge in [0.1, 0.15) is 11.5 Å². The number of aromatic nitrogens is 2. The quantitative estimate of drug-likeness (QED) is 0.854. The second-order valence-electron chi connectivity index (χ2n) is 5.28. The Morgan fingerprint density at radius 1 is 1.32 bits per heavy atom. The van der Waals surface area contributed by atoms with Crippen molar-refractivity contribution in [2.75, 3.05) is 18.9 Å². The molecule has 2 rings (SSSR count). The number of nitrogens with zero attached hydrogens (tertiary/aromatic N) is 2. The van der Waals surface area contributed by atoms with Crippen molar-refractivity contribution >= 4 is 11.7 Å². The zero-order valence-corrected chi connectivity index (χ0v) is 11.7. The van der Waals surface area contributed by atoms with Gasteiger partial charge < -0.3 is 10.6 Å². The Labute approximate surface area is 114 Å². The minimum Gasteiger partial charge on any atom is -0.372 e. The molecule has 1 heterocycles. The highest BCUT2D eigenvalue weighted by molar-refractivity contribution is 5.92. The smallest absolute Gasteiger partial charge is 0.271 e. The van der Waals surface area contributed by atoms with Gasteiger partial charge in [-0.15, -0.1) is 0 Å². The predicted molar refractivity (Wildman–Crippen MR) is 75.1 cm³/mol. The molecule has 1 amide bonds. The Kier molecular flexibility index (Phi) is 4.35. The van der Waals surface area contributed by atoms with Gasteiger partial charge in [0.15, 0.2) is 0 Å². The molecule has 0 saturated heterocycles. The van der Waals surface area contributed by atoms with Crippen LogP contribution in [0, 0.1) is 5.41 Å². The molecule has 0 spiro atoms. The lowest BCUT2D eigenvalue weighted by atomic mass is 9.83. The first-order chi connectivity index (χ1) is 9.19. The average Bonchev–Trinajstić information content (AvgIpc) is 2.94. The van der Waals surface area contributed by atoms with Crippen molar-refractivity contribution in [3.63, 3.8) is 0 Å². The number of anilines is 1. The summed E-state index contributed by atoms with van der Waals surface area (Å²) in [5, 5.41) is 5.89. The van der Waals surface area contributed by atoms with E-state index >= 15 is 0 Å². The molecular weight excluding hydrogens is 240 g/mol. The zero-order valence-electron chi connectivity index (χ0n) is 11.7. The number of hydrogen-bond acceptors (Lipinski definition) is 4. The minimum atomic E-state index is -0.130. The van der Waals surface area contributed by atoms with Crippen LogP contribution in [-0.2, 0) is 0 Å². The fraction of sp³-hybridized carbons (Fsp3) is 0.643. The fourth-order valence-electron chi connectivity index (χ4n) is 2.71. The molecule has 0 aromatic carbocycles. The molecule has 1 aliphatic rings. The Balaban J connectivity index is 1.93. The molecule has 104 valence electrons. The number of hydrogen-bond donors (Lipinski definition) is 2. The van der Waals surface area contributed by atoms with Crippen LogP contribution in [0.5, 0.6) is 0 Å². The highest BCUT2D eigenvalue weighted by atomic mass is 16.1. The van der Waals surface area contributed by atoms with Crippen LogP contribution in [0.15, 0.2) is 12.4 Å². The van der Waals surface area contributed by atoms with Crippen LogP contribution >= 0.6 is 0 Å². The minimum absolute atomic E-state index is 0.130. The van der Waals surface area contributed by atoms with Gasteiger partial charge in [-0.25, -0.2) is 9.97 Å². The molecule has 1 aromatic rings. The second kappa shape index (κ2) is 5.99. The molecule has 5 nitrogen and oxygen atoms in total. The van der Waals surface area contributed by atoms with Gasteiger partial charge in [-0.2, -0.15) is 0 Å².